The Balaban J connectivity index is 1.32. The number of fused-ring (bicyclic) bond motifs is 6. The molecule has 0 saturated carbocycles. The highest BCUT2D eigenvalue weighted by atomic mass is 16.5. The minimum atomic E-state index is -0.243. The van der Waals surface area contributed by atoms with Crippen molar-refractivity contribution in [3.05, 3.63) is 60.2 Å². The van der Waals surface area contributed by atoms with Gasteiger partial charge in [-0.2, -0.15) is 0 Å². The summed E-state index contributed by atoms with van der Waals surface area (Å²) in [5, 5.41) is 3.36. The van der Waals surface area contributed by atoms with Crippen LogP contribution in [0.15, 0.2) is 48.8 Å². The van der Waals surface area contributed by atoms with Crippen molar-refractivity contribution >= 4 is 17.1 Å². The SMILES string of the molecule is c1ccc2c(c1)OCC21CCCc2nc3ccc(-c4cnc(N5CCNCC5)nc4)nc3n21. The summed E-state index contributed by atoms with van der Waals surface area (Å²) in [5.74, 6) is 2.84. The van der Waals surface area contributed by atoms with Crippen LogP contribution in [0.4, 0.5) is 5.95 Å². The molecule has 0 aliphatic carbocycles. The number of rotatable bonds is 2. The summed E-state index contributed by atoms with van der Waals surface area (Å²) in [7, 11) is 0. The van der Waals surface area contributed by atoms with Gasteiger partial charge in [-0.3, -0.25) is 4.57 Å². The maximum atomic E-state index is 6.15. The normalized spacial score (nSPS) is 21.8. The second-order valence-corrected chi connectivity index (χ2v) is 9.08. The number of imidazole rings is 1. The van der Waals surface area contributed by atoms with Gasteiger partial charge in [0.25, 0.3) is 0 Å². The number of anilines is 1. The molecule has 1 atom stereocenters. The van der Waals surface area contributed by atoms with E-state index in [9.17, 15) is 0 Å². The van der Waals surface area contributed by atoms with Gasteiger partial charge in [-0.15, -0.1) is 0 Å². The Morgan fingerprint density at radius 3 is 2.70 bits per heavy atom. The van der Waals surface area contributed by atoms with Crippen LogP contribution < -0.4 is 15.0 Å². The van der Waals surface area contributed by atoms with E-state index in [0.717, 1.165) is 85.4 Å². The van der Waals surface area contributed by atoms with E-state index in [1.165, 1.54) is 5.56 Å². The maximum absolute atomic E-state index is 6.15. The molecule has 8 nitrogen and oxygen atoms in total. The van der Waals surface area contributed by atoms with Gasteiger partial charge in [0.2, 0.25) is 5.95 Å². The lowest BCUT2D eigenvalue weighted by Crippen LogP contribution is -2.44. The van der Waals surface area contributed by atoms with E-state index in [-0.39, 0.29) is 5.54 Å². The minimum absolute atomic E-state index is 0.243. The largest absolute Gasteiger partial charge is 0.490 e. The molecular weight excluding hydrogens is 414 g/mol. The van der Waals surface area contributed by atoms with Gasteiger partial charge in [0.15, 0.2) is 5.65 Å². The fourth-order valence-corrected chi connectivity index (χ4v) is 5.56. The summed E-state index contributed by atoms with van der Waals surface area (Å²) in [6.45, 7) is 4.40. The highest BCUT2D eigenvalue weighted by molar-refractivity contribution is 5.77. The number of aromatic nitrogens is 5. The van der Waals surface area contributed by atoms with Crippen molar-refractivity contribution in [2.45, 2.75) is 24.8 Å². The van der Waals surface area contributed by atoms with E-state index < -0.39 is 0 Å². The zero-order valence-electron chi connectivity index (χ0n) is 18.4. The molecule has 8 heteroatoms. The van der Waals surface area contributed by atoms with E-state index in [1.807, 2.05) is 24.5 Å². The summed E-state index contributed by atoms with van der Waals surface area (Å²) in [6, 6.07) is 12.5. The van der Waals surface area contributed by atoms with E-state index in [2.05, 4.69) is 49.0 Å². The van der Waals surface area contributed by atoms with Gasteiger partial charge in [0.05, 0.1) is 5.69 Å². The highest BCUT2D eigenvalue weighted by Crippen LogP contribution is 2.47. The lowest BCUT2D eigenvalue weighted by molar-refractivity contribution is 0.205. The molecule has 7 rings (SSSR count). The summed E-state index contributed by atoms with van der Waals surface area (Å²) in [6.07, 6.45) is 6.84. The van der Waals surface area contributed by atoms with Gasteiger partial charge < -0.3 is 15.0 Å². The van der Waals surface area contributed by atoms with E-state index in [1.54, 1.807) is 0 Å². The number of piperazine rings is 1. The third kappa shape index (κ3) is 2.87. The molecular formula is C25H25N7O. The number of benzene rings is 1. The quantitative estimate of drug-likeness (QED) is 0.514. The Morgan fingerprint density at radius 1 is 0.970 bits per heavy atom. The number of aryl methyl sites for hydroxylation is 1. The molecule has 1 spiro atoms. The van der Waals surface area contributed by atoms with Crippen molar-refractivity contribution in [2.75, 3.05) is 37.7 Å². The highest BCUT2D eigenvalue weighted by Gasteiger charge is 2.46. The van der Waals surface area contributed by atoms with E-state index in [4.69, 9.17) is 14.7 Å². The second-order valence-electron chi connectivity index (χ2n) is 9.08. The topological polar surface area (TPSA) is 81.0 Å². The maximum Gasteiger partial charge on any atom is 0.225 e. The number of hydrogen-bond acceptors (Lipinski definition) is 7. The van der Waals surface area contributed by atoms with Crippen LogP contribution in [0.25, 0.3) is 22.4 Å². The number of pyridine rings is 1. The molecule has 33 heavy (non-hydrogen) atoms. The molecule has 0 bridgehead atoms. The molecule has 3 aliphatic heterocycles. The Bertz CT molecular complexity index is 1340. The molecule has 166 valence electrons. The molecule has 3 aliphatic rings. The fraction of sp³-hybridized carbons (Fsp3) is 0.360. The van der Waals surface area contributed by atoms with E-state index in [0.29, 0.717) is 6.61 Å². The Morgan fingerprint density at radius 2 is 1.82 bits per heavy atom. The molecule has 1 unspecified atom stereocenters. The van der Waals surface area contributed by atoms with Crippen LogP contribution in [0.5, 0.6) is 5.75 Å². The van der Waals surface area contributed by atoms with Gasteiger partial charge in [-0.1, -0.05) is 18.2 Å². The first-order valence-corrected chi connectivity index (χ1v) is 11.7. The molecule has 1 fully saturated rings. The first-order chi connectivity index (χ1) is 16.3. The Labute approximate surface area is 191 Å². The Kier molecular flexibility index (Phi) is 4.17. The van der Waals surface area contributed by atoms with Crippen molar-refractivity contribution in [3.63, 3.8) is 0 Å². The molecule has 1 N–H and O–H groups in total. The van der Waals surface area contributed by atoms with Crippen LogP contribution in [0.2, 0.25) is 0 Å². The summed E-state index contributed by atoms with van der Waals surface area (Å²) in [5.41, 5.74) is 4.62. The van der Waals surface area contributed by atoms with Crippen molar-refractivity contribution in [1.82, 2.24) is 29.8 Å². The monoisotopic (exact) mass is 439 g/mol. The summed E-state index contributed by atoms with van der Waals surface area (Å²) in [4.78, 5) is 21.5. The number of para-hydroxylation sites is 1. The first-order valence-electron chi connectivity index (χ1n) is 11.7. The Hall–Kier alpha value is -3.52. The van der Waals surface area contributed by atoms with Crippen LogP contribution in [0.3, 0.4) is 0 Å². The first kappa shape index (κ1) is 19.0. The number of nitrogens with zero attached hydrogens (tertiary/aromatic N) is 6. The molecule has 4 aromatic rings. The predicted molar refractivity (Wildman–Crippen MR) is 126 cm³/mol. The van der Waals surface area contributed by atoms with Crippen LogP contribution >= 0.6 is 0 Å². The average Bonchev–Trinajstić information content (AvgIpc) is 3.44. The third-order valence-electron chi connectivity index (χ3n) is 7.18. The van der Waals surface area contributed by atoms with Crippen LogP contribution in [0.1, 0.15) is 24.2 Å². The zero-order valence-corrected chi connectivity index (χ0v) is 18.4. The average molecular weight is 440 g/mol. The summed E-state index contributed by atoms with van der Waals surface area (Å²) >= 11 is 0. The van der Waals surface area contributed by atoms with Gasteiger partial charge in [-0.25, -0.2) is 19.9 Å². The molecule has 6 heterocycles. The van der Waals surface area contributed by atoms with Crippen molar-refractivity contribution in [3.8, 4) is 17.0 Å². The summed E-state index contributed by atoms with van der Waals surface area (Å²) < 4.78 is 8.49. The predicted octanol–water partition coefficient (Wildman–Crippen LogP) is 2.77. The van der Waals surface area contributed by atoms with Gasteiger partial charge in [0.1, 0.15) is 29.2 Å². The molecule has 1 aromatic carbocycles. The zero-order chi connectivity index (χ0) is 21.8. The molecule has 3 aromatic heterocycles. The number of hydrogen-bond donors (Lipinski definition) is 1. The van der Waals surface area contributed by atoms with Crippen LogP contribution in [-0.4, -0.2) is 57.3 Å². The number of ether oxygens (including phenoxy) is 1. The number of nitrogens with one attached hydrogen (secondary N) is 1. The lowest BCUT2D eigenvalue weighted by Gasteiger charge is -2.35. The fourth-order valence-electron chi connectivity index (χ4n) is 5.56. The van der Waals surface area contributed by atoms with Crippen molar-refractivity contribution in [1.29, 1.82) is 0 Å². The third-order valence-corrected chi connectivity index (χ3v) is 7.18. The van der Waals surface area contributed by atoms with Gasteiger partial charge in [-0.05, 0) is 31.0 Å². The van der Waals surface area contributed by atoms with Crippen molar-refractivity contribution < 1.29 is 4.74 Å². The second kappa shape index (κ2) is 7.25. The molecule has 1 saturated heterocycles. The lowest BCUT2D eigenvalue weighted by atomic mass is 9.83. The molecule has 0 radical (unpaired) electrons. The van der Waals surface area contributed by atoms with Gasteiger partial charge >= 0.3 is 0 Å². The smallest absolute Gasteiger partial charge is 0.225 e. The van der Waals surface area contributed by atoms with Gasteiger partial charge in [0, 0.05) is 56.1 Å². The van der Waals surface area contributed by atoms with Crippen molar-refractivity contribution in [2.24, 2.45) is 0 Å². The molecule has 0 amide bonds. The standard InChI is InChI=1S/C25H25N7O/c1-2-5-21-18(4-1)25(16-33-21)9-3-6-22-29-20-8-7-19(30-23(20)32(22)25)17-14-27-24(28-15-17)31-12-10-26-11-13-31/h1-2,4-5,7-8,14-15,26H,3,6,9-13,16H2. The van der Waals surface area contributed by atoms with E-state index >= 15 is 0 Å². The van der Waals surface area contributed by atoms with Crippen LogP contribution in [0, 0.1) is 0 Å². The van der Waals surface area contributed by atoms with Crippen LogP contribution in [-0.2, 0) is 12.0 Å². The minimum Gasteiger partial charge on any atom is -0.490 e.